The third-order valence-electron chi connectivity index (χ3n) is 6.44. The van der Waals surface area contributed by atoms with Crippen LogP contribution in [0.15, 0.2) is 52.3 Å². The number of benzene rings is 1. The van der Waals surface area contributed by atoms with Crippen molar-refractivity contribution < 1.29 is 4.52 Å². The second-order valence-corrected chi connectivity index (χ2v) is 8.27. The van der Waals surface area contributed by atoms with E-state index >= 15 is 0 Å². The van der Waals surface area contributed by atoms with Crippen LogP contribution in [-0.4, -0.2) is 42.3 Å². The molecule has 1 aromatic carbocycles. The fraction of sp³-hybridized carbons (Fsp3) is 0.381. The van der Waals surface area contributed by atoms with Crippen LogP contribution in [0, 0.1) is 11.8 Å². The molecule has 3 aromatic heterocycles. The SMILES string of the molecule is Cn1cnc2ncn(Cc3nc(C4C5CC4CN(c4ccccc4)C5)no3)c(=O)c21. The number of aromatic nitrogens is 6. The van der Waals surface area contributed by atoms with Crippen LogP contribution in [0.25, 0.3) is 11.2 Å². The summed E-state index contributed by atoms with van der Waals surface area (Å²) in [6, 6.07) is 10.5. The minimum atomic E-state index is -0.168. The molecule has 3 aliphatic rings. The maximum atomic E-state index is 12.7. The quantitative estimate of drug-likeness (QED) is 0.513. The Kier molecular flexibility index (Phi) is 3.77. The van der Waals surface area contributed by atoms with Crippen molar-refractivity contribution in [3.05, 3.63) is 65.1 Å². The van der Waals surface area contributed by atoms with Gasteiger partial charge in [-0.1, -0.05) is 23.4 Å². The molecule has 2 aliphatic heterocycles. The number of rotatable bonds is 4. The number of hydrogen-bond donors (Lipinski definition) is 0. The van der Waals surface area contributed by atoms with Gasteiger partial charge in [-0.2, -0.15) is 4.98 Å². The monoisotopic (exact) mass is 403 g/mol. The lowest BCUT2D eigenvalue weighted by molar-refractivity contribution is 0.103. The molecule has 9 heteroatoms. The molecule has 7 rings (SSSR count). The third kappa shape index (κ3) is 2.65. The van der Waals surface area contributed by atoms with Crippen LogP contribution < -0.4 is 10.5 Å². The molecule has 0 amide bonds. The summed E-state index contributed by atoms with van der Waals surface area (Å²) < 4.78 is 8.66. The minimum Gasteiger partial charge on any atom is -0.371 e. The highest BCUT2D eigenvalue weighted by Gasteiger charge is 2.49. The predicted octanol–water partition coefficient (Wildman–Crippen LogP) is 1.80. The van der Waals surface area contributed by atoms with Gasteiger partial charge in [-0.15, -0.1) is 0 Å². The summed E-state index contributed by atoms with van der Waals surface area (Å²) in [5.74, 6) is 2.59. The van der Waals surface area contributed by atoms with Gasteiger partial charge in [0.15, 0.2) is 17.0 Å². The van der Waals surface area contributed by atoms with Crippen LogP contribution in [-0.2, 0) is 13.6 Å². The van der Waals surface area contributed by atoms with E-state index in [0.717, 1.165) is 18.9 Å². The molecule has 0 radical (unpaired) electrons. The van der Waals surface area contributed by atoms with Gasteiger partial charge in [-0.3, -0.25) is 9.36 Å². The summed E-state index contributed by atoms with van der Waals surface area (Å²) in [6.45, 7) is 2.23. The first-order chi connectivity index (χ1) is 14.7. The standard InChI is InChI=1S/C21H21N7O2/c1-26-11-22-20-18(26)21(29)28(12-23-20)10-16-24-19(25-30-16)17-13-7-14(17)9-27(8-13)15-5-3-2-4-6-15/h2-6,11-14,17H,7-10H2,1H3. The molecule has 2 atom stereocenters. The number of piperidine rings is 2. The van der Waals surface area contributed by atoms with Gasteiger partial charge in [0.2, 0.25) is 5.89 Å². The Hall–Kier alpha value is -3.49. The van der Waals surface area contributed by atoms with Gasteiger partial charge in [0.25, 0.3) is 5.56 Å². The maximum Gasteiger partial charge on any atom is 0.280 e. The largest absolute Gasteiger partial charge is 0.371 e. The van der Waals surface area contributed by atoms with Crippen LogP contribution in [0.4, 0.5) is 5.69 Å². The fourth-order valence-electron chi connectivity index (χ4n) is 4.96. The number of aryl methyl sites for hydroxylation is 1. The summed E-state index contributed by atoms with van der Waals surface area (Å²) in [5, 5.41) is 4.26. The normalized spacial score (nSPS) is 23.0. The lowest BCUT2D eigenvalue weighted by atomic mass is 9.61. The van der Waals surface area contributed by atoms with E-state index in [0.29, 0.717) is 34.8 Å². The summed E-state index contributed by atoms with van der Waals surface area (Å²) in [4.78, 5) is 28.2. The Labute approximate surface area is 172 Å². The Morgan fingerprint density at radius 2 is 1.87 bits per heavy atom. The lowest BCUT2D eigenvalue weighted by Crippen LogP contribution is -2.54. The number of fused-ring (bicyclic) bond motifs is 3. The Morgan fingerprint density at radius 1 is 1.10 bits per heavy atom. The molecular weight excluding hydrogens is 382 g/mol. The van der Waals surface area contributed by atoms with Gasteiger partial charge in [-0.05, 0) is 30.4 Å². The number of anilines is 1. The van der Waals surface area contributed by atoms with Crippen LogP contribution in [0.5, 0.6) is 0 Å². The number of para-hydroxylation sites is 1. The van der Waals surface area contributed by atoms with Crippen LogP contribution >= 0.6 is 0 Å². The highest BCUT2D eigenvalue weighted by molar-refractivity contribution is 5.68. The Balaban J connectivity index is 1.20. The van der Waals surface area contributed by atoms with Crippen molar-refractivity contribution in [3.8, 4) is 0 Å². The van der Waals surface area contributed by atoms with Gasteiger partial charge in [0.1, 0.15) is 12.9 Å². The summed E-state index contributed by atoms with van der Waals surface area (Å²) >= 11 is 0. The first kappa shape index (κ1) is 17.4. The summed E-state index contributed by atoms with van der Waals surface area (Å²) in [5.41, 5.74) is 2.01. The van der Waals surface area contributed by atoms with Gasteiger partial charge in [0, 0.05) is 31.7 Å². The zero-order valence-electron chi connectivity index (χ0n) is 16.5. The van der Waals surface area contributed by atoms with E-state index in [4.69, 9.17) is 4.52 Å². The Bertz CT molecular complexity index is 1260. The summed E-state index contributed by atoms with van der Waals surface area (Å²) in [6.07, 6.45) is 4.28. The van der Waals surface area contributed by atoms with Gasteiger partial charge >= 0.3 is 0 Å². The number of hydrogen-bond acceptors (Lipinski definition) is 7. The van der Waals surface area contributed by atoms with Gasteiger partial charge < -0.3 is 14.0 Å². The van der Waals surface area contributed by atoms with Crippen LogP contribution in [0.2, 0.25) is 0 Å². The molecule has 1 saturated carbocycles. The van der Waals surface area contributed by atoms with E-state index in [1.165, 1.54) is 23.0 Å². The first-order valence-corrected chi connectivity index (χ1v) is 10.2. The van der Waals surface area contributed by atoms with E-state index in [1.807, 2.05) is 6.07 Å². The van der Waals surface area contributed by atoms with Crippen molar-refractivity contribution in [2.75, 3.05) is 18.0 Å². The lowest BCUT2D eigenvalue weighted by Gasteiger charge is -2.53. The molecule has 5 heterocycles. The van der Waals surface area contributed by atoms with Crippen molar-refractivity contribution in [2.24, 2.45) is 18.9 Å². The van der Waals surface area contributed by atoms with Crippen molar-refractivity contribution in [2.45, 2.75) is 18.9 Å². The number of imidazole rings is 1. The Morgan fingerprint density at radius 3 is 2.67 bits per heavy atom. The van der Waals surface area contributed by atoms with Gasteiger partial charge in [0.05, 0.1) is 6.33 Å². The minimum absolute atomic E-state index is 0.168. The molecule has 3 fully saturated rings. The predicted molar refractivity (Wildman–Crippen MR) is 109 cm³/mol. The van der Waals surface area contributed by atoms with E-state index in [2.05, 4.69) is 49.3 Å². The van der Waals surface area contributed by atoms with Gasteiger partial charge in [-0.25, -0.2) is 9.97 Å². The van der Waals surface area contributed by atoms with E-state index in [-0.39, 0.29) is 12.1 Å². The molecule has 1 aliphatic carbocycles. The highest BCUT2D eigenvalue weighted by atomic mass is 16.5. The second kappa shape index (κ2) is 6.51. The van der Waals surface area contributed by atoms with E-state index in [9.17, 15) is 4.79 Å². The molecule has 4 aromatic rings. The summed E-state index contributed by atoms with van der Waals surface area (Å²) in [7, 11) is 1.78. The molecule has 2 saturated heterocycles. The average molecular weight is 403 g/mol. The third-order valence-corrected chi connectivity index (χ3v) is 6.44. The molecule has 0 spiro atoms. The maximum absolute atomic E-state index is 12.7. The molecule has 2 unspecified atom stereocenters. The zero-order chi connectivity index (χ0) is 20.2. The smallest absolute Gasteiger partial charge is 0.280 e. The van der Waals surface area contributed by atoms with Crippen molar-refractivity contribution in [1.82, 2.24) is 29.2 Å². The number of nitrogens with zero attached hydrogens (tertiary/aromatic N) is 7. The molecule has 152 valence electrons. The highest BCUT2D eigenvalue weighted by Crippen LogP contribution is 2.51. The fourth-order valence-corrected chi connectivity index (χ4v) is 4.96. The average Bonchev–Trinajstić information content (AvgIpc) is 3.37. The van der Waals surface area contributed by atoms with Crippen molar-refractivity contribution in [1.29, 1.82) is 0 Å². The topological polar surface area (TPSA) is 94.9 Å². The van der Waals surface area contributed by atoms with Crippen LogP contribution in [0.1, 0.15) is 24.1 Å². The van der Waals surface area contributed by atoms with Crippen LogP contribution in [0.3, 0.4) is 0 Å². The van der Waals surface area contributed by atoms with Crippen molar-refractivity contribution >= 4 is 16.9 Å². The van der Waals surface area contributed by atoms with Crippen molar-refractivity contribution in [3.63, 3.8) is 0 Å². The molecule has 2 bridgehead atoms. The molecule has 9 nitrogen and oxygen atoms in total. The van der Waals surface area contributed by atoms with E-state index < -0.39 is 0 Å². The zero-order valence-corrected chi connectivity index (χ0v) is 16.5. The van der Waals surface area contributed by atoms with E-state index in [1.54, 1.807) is 17.9 Å². The molecule has 30 heavy (non-hydrogen) atoms. The second-order valence-electron chi connectivity index (χ2n) is 8.27. The first-order valence-electron chi connectivity index (χ1n) is 10.2. The molecular formula is C21H21N7O2. The molecule has 0 N–H and O–H groups in total.